The Balaban J connectivity index is 1.84. The van der Waals surface area contributed by atoms with Crippen LogP contribution in [-0.2, 0) is 4.79 Å². The Morgan fingerprint density at radius 1 is 1.31 bits per heavy atom. The minimum Gasteiger partial charge on any atom is -0.351 e. The number of H-pyrrole nitrogens is 1. The van der Waals surface area contributed by atoms with E-state index in [0.717, 1.165) is 12.1 Å². The third-order valence-electron chi connectivity index (χ3n) is 4.12. The number of rotatable bonds is 6. The van der Waals surface area contributed by atoms with E-state index < -0.39 is 0 Å². The van der Waals surface area contributed by atoms with Crippen LogP contribution in [-0.4, -0.2) is 36.9 Å². The zero-order valence-electron chi connectivity index (χ0n) is 14.9. The second kappa shape index (κ2) is 7.33. The van der Waals surface area contributed by atoms with Gasteiger partial charge in [-0.15, -0.1) is 0 Å². The number of para-hydroxylation sites is 1. The molecule has 1 aromatic carbocycles. The summed E-state index contributed by atoms with van der Waals surface area (Å²) in [6, 6.07) is 9.48. The predicted molar refractivity (Wildman–Crippen MR) is 103 cm³/mol. The Hall–Kier alpha value is -2.61. The molecule has 0 spiro atoms. The fourth-order valence-corrected chi connectivity index (χ4v) is 3.02. The molecule has 0 bridgehead atoms. The van der Waals surface area contributed by atoms with Crippen molar-refractivity contribution in [1.29, 1.82) is 0 Å². The summed E-state index contributed by atoms with van der Waals surface area (Å²) in [6.45, 7) is 5.96. The number of thioether (sulfide) groups is 1. The summed E-state index contributed by atoms with van der Waals surface area (Å²) < 4.78 is 1.62. The van der Waals surface area contributed by atoms with Crippen molar-refractivity contribution >= 4 is 28.7 Å². The van der Waals surface area contributed by atoms with Gasteiger partial charge in [-0.1, -0.05) is 36.9 Å². The van der Waals surface area contributed by atoms with Gasteiger partial charge in [0, 0.05) is 5.54 Å². The molecule has 2 aromatic heterocycles. The fraction of sp³-hybridized carbons (Fsp3) is 0.333. The number of amides is 1. The SMILES string of the molecule is CCC(C)(C)NC(=O)CSc1nc2c(cnn2-c2ccccc2)c(=O)[nH]1. The number of hydrogen-bond acceptors (Lipinski definition) is 5. The Bertz CT molecular complexity index is 978. The minimum atomic E-state index is -0.269. The van der Waals surface area contributed by atoms with Crippen LogP contribution in [0.25, 0.3) is 16.7 Å². The van der Waals surface area contributed by atoms with Crippen molar-refractivity contribution < 1.29 is 4.79 Å². The van der Waals surface area contributed by atoms with Crippen LogP contribution >= 0.6 is 11.8 Å². The normalized spacial score (nSPS) is 11.7. The van der Waals surface area contributed by atoms with Gasteiger partial charge in [-0.2, -0.15) is 5.10 Å². The van der Waals surface area contributed by atoms with Crippen molar-refractivity contribution in [3.63, 3.8) is 0 Å². The van der Waals surface area contributed by atoms with Crippen molar-refractivity contribution in [2.45, 2.75) is 37.9 Å². The molecule has 0 atom stereocenters. The van der Waals surface area contributed by atoms with Crippen LogP contribution < -0.4 is 10.9 Å². The lowest BCUT2D eigenvalue weighted by Gasteiger charge is -2.24. The van der Waals surface area contributed by atoms with E-state index >= 15 is 0 Å². The number of carbonyl (C=O) groups excluding carboxylic acids is 1. The lowest BCUT2D eigenvalue weighted by Crippen LogP contribution is -2.43. The first-order valence-corrected chi connectivity index (χ1v) is 9.35. The molecule has 0 aliphatic carbocycles. The maximum atomic E-state index is 12.3. The van der Waals surface area contributed by atoms with Gasteiger partial charge >= 0.3 is 0 Å². The van der Waals surface area contributed by atoms with E-state index in [2.05, 4.69) is 20.4 Å². The van der Waals surface area contributed by atoms with Crippen molar-refractivity contribution in [2.75, 3.05) is 5.75 Å². The highest BCUT2D eigenvalue weighted by Crippen LogP contribution is 2.18. The summed E-state index contributed by atoms with van der Waals surface area (Å²) in [5, 5.41) is 8.04. The summed E-state index contributed by atoms with van der Waals surface area (Å²) in [7, 11) is 0. The molecule has 2 heterocycles. The molecular weight excluding hydrogens is 350 g/mol. The van der Waals surface area contributed by atoms with Gasteiger partial charge in [0.05, 0.1) is 17.6 Å². The fourth-order valence-electron chi connectivity index (χ4n) is 2.36. The molecule has 26 heavy (non-hydrogen) atoms. The average Bonchev–Trinajstić information content (AvgIpc) is 3.05. The number of benzene rings is 1. The first-order chi connectivity index (χ1) is 12.4. The Kier molecular flexibility index (Phi) is 5.13. The van der Waals surface area contributed by atoms with Crippen LogP contribution in [0.5, 0.6) is 0 Å². The number of aromatic nitrogens is 4. The van der Waals surface area contributed by atoms with Crippen LogP contribution in [0.3, 0.4) is 0 Å². The molecule has 1 amide bonds. The molecule has 0 fully saturated rings. The highest BCUT2D eigenvalue weighted by Gasteiger charge is 2.18. The molecular formula is C18H21N5O2S. The summed E-state index contributed by atoms with van der Waals surface area (Å²) in [5.41, 5.74) is 0.763. The topological polar surface area (TPSA) is 92.7 Å². The van der Waals surface area contributed by atoms with Crippen LogP contribution in [0.4, 0.5) is 0 Å². The smallest absolute Gasteiger partial charge is 0.262 e. The monoisotopic (exact) mass is 371 g/mol. The molecule has 136 valence electrons. The lowest BCUT2D eigenvalue weighted by atomic mass is 10.0. The second-order valence-electron chi connectivity index (χ2n) is 6.57. The molecule has 0 unspecified atom stereocenters. The summed E-state index contributed by atoms with van der Waals surface area (Å²) >= 11 is 1.20. The lowest BCUT2D eigenvalue weighted by molar-refractivity contribution is -0.120. The molecule has 7 nitrogen and oxygen atoms in total. The average molecular weight is 371 g/mol. The van der Waals surface area contributed by atoms with Gasteiger partial charge in [0.25, 0.3) is 5.56 Å². The van der Waals surface area contributed by atoms with Gasteiger partial charge in [0.2, 0.25) is 5.91 Å². The van der Waals surface area contributed by atoms with Crippen molar-refractivity contribution in [3.05, 3.63) is 46.9 Å². The second-order valence-corrected chi connectivity index (χ2v) is 7.54. The minimum absolute atomic E-state index is 0.0961. The van der Waals surface area contributed by atoms with Gasteiger partial charge in [0.15, 0.2) is 10.8 Å². The molecule has 8 heteroatoms. The maximum Gasteiger partial charge on any atom is 0.262 e. The van der Waals surface area contributed by atoms with Crippen LogP contribution in [0.2, 0.25) is 0 Å². The third kappa shape index (κ3) is 3.96. The number of aromatic amines is 1. The molecule has 0 aliphatic heterocycles. The molecule has 0 aliphatic rings. The molecule has 0 saturated carbocycles. The first-order valence-electron chi connectivity index (χ1n) is 8.37. The molecule has 3 aromatic rings. The zero-order chi connectivity index (χ0) is 18.7. The van der Waals surface area contributed by atoms with Crippen LogP contribution in [0.1, 0.15) is 27.2 Å². The predicted octanol–water partition coefficient (Wildman–Crippen LogP) is 2.51. The summed E-state index contributed by atoms with van der Waals surface area (Å²) in [4.78, 5) is 31.6. The van der Waals surface area contributed by atoms with E-state index in [1.165, 1.54) is 18.0 Å². The quantitative estimate of drug-likeness (QED) is 0.513. The van der Waals surface area contributed by atoms with E-state index in [0.29, 0.717) is 16.2 Å². The number of carbonyl (C=O) groups is 1. The van der Waals surface area contributed by atoms with E-state index in [1.54, 1.807) is 4.68 Å². The summed E-state index contributed by atoms with van der Waals surface area (Å²) in [5.74, 6) is 0.0818. The summed E-state index contributed by atoms with van der Waals surface area (Å²) in [6.07, 6.45) is 2.33. The number of hydrogen-bond donors (Lipinski definition) is 2. The van der Waals surface area contributed by atoms with Crippen molar-refractivity contribution in [1.82, 2.24) is 25.1 Å². The van der Waals surface area contributed by atoms with Crippen LogP contribution in [0, 0.1) is 0 Å². The van der Waals surface area contributed by atoms with Gasteiger partial charge in [-0.25, -0.2) is 9.67 Å². The Labute approximate surface area is 155 Å². The third-order valence-corrected chi connectivity index (χ3v) is 4.99. The van der Waals surface area contributed by atoms with Gasteiger partial charge in [0.1, 0.15) is 5.39 Å². The van der Waals surface area contributed by atoms with E-state index in [-0.39, 0.29) is 22.8 Å². The number of nitrogens with one attached hydrogen (secondary N) is 2. The van der Waals surface area contributed by atoms with Gasteiger partial charge < -0.3 is 10.3 Å². The van der Waals surface area contributed by atoms with E-state index in [9.17, 15) is 9.59 Å². The van der Waals surface area contributed by atoms with E-state index in [4.69, 9.17) is 0 Å². The molecule has 0 radical (unpaired) electrons. The zero-order valence-corrected chi connectivity index (χ0v) is 15.8. The van der Waals surface area contributed by atoms with E-state index in [1.807, 2.05) is 51.1 Å². The number of nitrogens with zero attached hydrogens (tertiary/aromatic N) is 3. The van der Waals surface area contributed by atoms with Gasteiger partial charge in [-0.05, 0) is 32.4 Å². The van der Waals surface area contributed by atoms with Crippen molar-refractivity contribution in [2.24, 2.45) is 0 Å². The standard InChI is InChI=1S/C18H21N5O2S/c1-4-18(2,3)22-14(24)11-26-17-20-15-13(16(25)21-17)10-19-23(15)12-8-6-5-7-9-12/h5-10H,4,11H2,1-3H3,(H,22,24)(H,20,21,25). The molecule has 2 N–H and O–H groups in total. The Morgan fingerprint density at radius 2 is 2.04 bits per heavy atom. The maximum absolute atomic E-state index is 12.3. The van der Waals surface area contributed by atoms with Crippen molar-refractivity contribution in [3.8, 4) is 5.69 Å². The largest absolute Gasteiger partial charge is 0.351 e. The first kappa shape index (κ1) is 18.2. The molecule has 3 rings (SSSR count). The highest BCUT2D eigenvalue weighted by atomic mass is 32.2. The number of fused-ring (bicyclic) bond motifs is 1. The molecule has 0 saturated heterocycles. The Morgan fingerprint density at radius 3 is 2.73 bits per heavy atom. The highest BCUT2D eigenvalue weighted by molar-refractivity contribution is 7.99. The van der Waals surface area contributed by atoms with Gasteiger partial charge in [-0.3, -0.25) is 9.59 Å². The van der Waals surface area contributed by atoms with Crippen LogP contribution in [0.15, 0.2) is 46.5 Å².